The van der Waals surface area contributed by atoms with E-state index in [0.29, 0.717) is 6.54 Å². The van der Waals surface area contributed by atoms with Gasteiger partial charge in [0.25, 0.3) is 0 Å². The number of rotatable bonds is 6. The molecule has 1 heterocycles. The van der Waals surface area contributed by atoms with Gasteiger partial charge in [0.2, 0.25) is 5.91 Å². The van der Waals surface area contributed by atoms with E-state index < -0.39 is 30.0 Å². The Balaban J connectivity index is 2.54. The molecule has 0 spiro atoms. The number of ether oxygens (including phenoxy) is 1. The largest absolute Gasteiger partial charge is 0.481 e. The van der Waals surface area contributed by atoms with Crippen LogP contribution in [-0.4, -0.2) is 66.8 Å². The zero-order valence-electron chi connectivity index (χ0n) is 12.6. The predicted molar refractivity (Wildman–Crippen MR) is 74.8 cm³/mol. The van der Waals surface area contributed by atoms with Crippen LogP contribution in [0.4, 0.5) is 4.79 Å². The number of nitrogens with one attached hydrogen (secondary N) is 2. The van der Waals surface area contributed by atoms with Crippen LogP contribution in [0.25, 0.3) is 0 Å². The maximum atomic E-state index is 12.1. The van der Waals surface area contributed by atoms with Crippen LogP contribution in [0, 0.1) is 5.92 Å². The third-order valence-corrected chi connectivity index (χ3v) is 3.47. The Morgan fingerprint density at radius 3 is 2.62 bits per heavy atom. The molecule has 1 aliphatic heterocycles. The van der Waals surface area contributed by atoms with Gasteiger partial charge in [-0.1, -0.05) is 6.92 Å². The van der Waals surface area contributed by atoms with E-state index in [4.69, 9.17) is 9.84 Å². The van der Waals surface area contributed by atoms with Crippen LogP contribution in [0.3, 0.4) is 0 Å². The van der Waals surface area contributed by atoms with E-state index in [0.717, 1.165) is 6.42 Å². The molecule has 3 amide bonds. The summed E-state index contributed by atoms with van der Waals surface area (Å²) in [7, 11) is 1.50. The number of carboxylic acids is 1. The van der Waals surface area contributed by atoms with E-state index in [1.165, 1.54) is 11.9 Å². The van der Waals surface area contributed by atoms with Crippen LogP contribution in [-0.2, 0) is 14.3 Å². The van der Waals surface area contributed by atoms with Crippen LogP contribution < -0.4 is 10.6 Å². The molecule has 1 rings (SSSR count). The summed E-state index contributed by atoms with van der Waals surface area (Å²) in [5.74, 6) is -2.01. The number of urea groups is 1. The smallest absolute Gasteiger partial charge is 0.318 e. The predicted octanol–water partition coefficient (Wildman–Crippen LogP) is -0.358. The third-order valence-electron chi connectivity index (χ3n) is 3.47. The number of likely N-dealkylation sites (N-methyl/N-ethyl adjacent to an activating group) is 1. The van der Waals surface area contributed by atoms with Gasteiger partial charge >= 0.3 is 12.0 Å². The maximum absolute atomic E-state index is 12.1. The summed E-state index contributed by atoms with van der Waals surface area (Å²) in [6.45, 7) is 4.33. The van der Waals surface area contributed by atoms with E-state index in [1.54, 1.807) is 6.92 Å². The molecule has 3 N–H and O–H groups in total. The van der Waals surface area contributed by atoms with Crippen molar-refractivity contribution in [2.24, 2.45) is 5.92 Å². The van der Waals surface area contributed by atoms with Crippen molar-refractivity contribution in [1.82, 2.24) is 15.5 Å². The Kier molecular flexibility index (Phi) is 6.41. The first kappa shape index (κ1) is 17.2. The molecule has 0 aromatic heterocycles. The first-order valence-corrected chi connectivity index (χ1v) is 7.00. The second kappa shape index (κ2) is 7.82. The van der Waals surface area contributed by atoms with E-state index in [2.05, 4.69) is 10.6 Å². The zero-order valence-corrected chi connectivity index (χ0v) is 12.6. The molecule has 0 aromatic carbocycles. The van der Waals surface area contributed by atoms with Crippen LogP contribution in [0.5, 0.6) is 0 Å². The van der Waals surface area contributed by atoms with Crippen molar-refractivity contribution in [2.45, 2.75) is 32.4 Å². The summed E-state index contributed by atoms with van der Waals surface area (Å²) in [6, 6.07) is -1.71. The molecular weight excluding hydrogens is 278 g/mol. The lowest BCUT2D eigenvalue weighted by Crippen LogP contribution is -2.53. The molecular formula is C13H23N3O5. The highest BCUT2D eigenvalue weighted by molar-refractivity contribution is 5.87. The molecule has 3 atom stereocenters. The van der Waals surface area contributed by atoms with Crippen LogP contribution in [0.15, 0.2) is 0 Å². The molecule has 8 nitrogen and oxygen atoms in total. The van der Waals surface area contributed by atoms with E-state index in [1.807, 2.05) is 6.92 Å². The van der Waals surface area contributed by atoms with E-state index in [-0.39, 0.29) is 19.1 Å². The number of carbonyl (C=O) groups is 3. The molecule has 21 heavy (non-hydrogen) atoms. The molecule has 1 fully saturated rings. The lowest BCUT2D eigenvalue weighted by molar-refractivity contribution is -0.142. The summed E-state index contributed by atoms with van der Waals surface area (Å²) in [5.41, 5.74) is 0. The highest BCUT2D eigenvalue weighted by Crippen LogP contribution is 2.19. The van der Waals surface area contributed by atoms with Crippen molar-refractivity contribution in [3.05, 3.63) is 0 Å². The third kappa shape index (κ3) is 4.59. The molecule has 3 unspecified atom stereocenters. The van der Waals surface area contributed by atoms with Gasteiger partial charge in [0.05, 0.1) is 19.3 Å². The first-order chi connectivity index (χ1) is 9.88. The van der Waals surface area contributed by atoms with Gasteiger partial charge in [-0.3, -0.25) is 9.59 Å². The highest BCUT2D eigenvalue weighted by atomic mass is 16.5. The number of amides is 3. The Hall–Kier alpha value is -1.83. The Bertz CT molecular complexity index is 401. The normalized spacial score (nSPS) is 22.4. The Morgan fingerprint density at radius 1 is 1.38 bits per heavy atom. The van der Waals surface area contributed by atoms with Crippen molar-refractivity contribution in [3.8, 4) is 0 Å². The van der Waals surface area contributed by atoms with Crippen molar-refractivity contribution in [3.63, 3.8) is 0 Å². The topological polar surface area (TPSA) is 108 Å². The minimum atomic E-state index is -0.995. The fourth-order valence-corrected chi connectivity index (χ4v) is 2.07. The first-order valence-electron chi connectivity index (χ1n) is 7.00. The molecule has 0 radical (unpaired) electrons. The summed E-state index contributed by atoms with van der Waals surface area (Å²) in [5, 5.41) is 14.3. The molecule has 0 saturated carbocycles. The fraction of sp³-hybridized carbons (Fsp3) is 0.769. The van der Waals surface area contributed by atoms with Gasteiger partial charge < -0.3 is 25.4 Å². The highest BCUT2D eigenvalue weighted by Gasteiger charge is 2.38. The molecule has 8 heteroatoms. The number of aliphatic carboxylic acids is 1. The summed E-state index contributed by atoms with van der Waals surface area (Å²) in [6.07, 6.45) is 0.812. The Morgan fingerprint density at radius 2 is 2.05 bits per heavy atom. The van der Waals surface area contributed by atoms with Gasteiger partial charge in [0, 0.05) is 13.6 Å². The zero-order chi connectivity index (χ0) is 16.0. The SMILES string of the molecule is CCCNC(=O)C(C)NC(=O)N(C)C1COCC1C(=O)O. The Labute approximate surface area is 123 Å². The average molecular weight is 301 g/mol. The summed E-state index contributed by atoms with van der Waals surface area (Å²) < 4.78 is 5.13. The molecule has 1 saturated heterocycles. The monoisotopic (exact) mass is 301 g/mol. The molecule has 0 aromatic rings. The number of carbonyl (C=O) groups excluding carboxylic acids is 2. The summed E-state index contributed by atoms with van der Waals surface area (Å²) >= 11 is 0. The van der Waals surface area contributed by atoms with Crippen molar-refractivity contribution in [2.75, 3.05) is 26.8 Å². The van der Waals surface area contributed by atoms with E-state index >= 15 is 0 Å². The van der Waals surface area contributed by atoms with Crippen LogP contribution >= 0.6 is 0 Å². The number of hydrogen-bond acceptors (Lipinski definition) is 4. The lowest BCUT2D eigenvalue weighted by Gasteiger charge is -2.27. The van der Waals surface area contributed by atoms with Gasteiger partial charge in [-0.2, -0.15) is 0 Å². The second-order valence-electron chi connectivity index (χ2n) is 5.12. The van der Waals surface area contributed by atoms with Gasteiger partial charge in [0.15, 0.2) is 0 Å². The van der Waals surface area contributed by atoms with Crippen molar-refractivity contribution < 1.29 is 24.2 Å². The van der Waals surface area contributed by atoms with Crippen molar-refractivity contribution >= 4 is 17.9 Å². The minimum Gasteiger partial charge on any atom is -0.481 e. The lowest BCUT2D eigenvalue weighted by atomic mass is 10.0. The summed E-state index contributed by atoms with van der Waals surface area (Å²) in [4.78, 5) is 36.1. The van der Waals surface area contributed by atoms with Crippen LogP contribution in [0.2, 0.25) is 0 Å². The quantitative estimate of drug-likeness (QED) is 0.621. The second-order valence-corrected chi connectivity index (χ2v) is 5.12. The van der Waals surface area contributed by atoms with Gasteiger partial charge in [-0.15, -0.1) is 0 Å². The number of hydrogen-bond donors (Lipinski definition) is 3. The van der Waals surface area contributed by atoms with Crippen molar-refractivity contribution in [1.29, 1.82) is 0 Å². The molecule has 0 aliphatic carbocycles. The standard InChI is InChI=1S/C13H23N3O5/c1-4-5-14-11(17)8(2)15-13(20)16(3)10-7-21-6-9(10)12(18)19/h8-10H,4-7H2,1-3H3,(H,14,17)(H,15,20)(H,18,19). The van der Waals surface area contributed by atoms with E-state index in [9.17, 15) is 14.4 Å². The number of carboxylic acid groups (broad SMARTS) is 1. The fourth-order valence-electron chi connectivity index (χ4n) is 2.07. The average Bonchev–Trinajstić information content (AvgIpc) is 2.93. The minimum absolute atomic E-state index is 0.0875. The van der Waals surface area contributed by atoms with Gasteiger partial charge in [-0.25, -0.2) is 4.79 Å². The molecule has 0 bridgehead atoms. The number of nitrogens with zero attached hydrogens (tertiary/aromatic N) is 1. The van der Waals surface area contributed by atoms with Gasteiger partial charge in [-0.05, 0) is 13.3 Å². The maximum Gasteiger partial charge on any atom is 0.318 e. The van der Waals surface area contributed by atoms with Crippen LogP contribution in [0.1, 0.15) is 20.3 Å². The molecule has 120 valence electrons. The molecule has 1 aliphatic rings. The van der Waals surface area contributed by atoms with Gasteiger partial charge in [0.1, 0.15) is 12.0 Å².